The van der Waals surface area contributed by atoms with Gasteiger partial charge < -0.3 is 14.5 Å². The Morgan fingerprint density at radius 2 is 2.20 bits per heavy atom. The predicted molar refractivity (Wildman–Crippen MR) is 83.0 cm³/mol. The van der Waals surface area contributed by atoms with Crippen molar-refractivity contribution in [2.24, 2.45) is 0 Å². The molecule has 0 atom stereocenters. The molecule has 0 unspecified atom stereocenters. The zero-order valence-corrected chi connectivity index (χ0v) is 12.8. The number of hydrogen-bond acceptors (Lipinski definition) is 4. The van der Waals surface area contributed by atoms with E-state index in [0.717, 1.165) is 31.2 Å². The molecule has 1 aromatic carbocycles. The summed E-state index contributed by atoms with van der Waals surface area (Å²) in [7, 11) is 1.72. The fourth-order valence-electron chi connectivity index (χ4n) is 1.90. The highest BCUT2D eigenvalue weighted by Gasteiger charge is 2.02. The molecule has 0 bridgehead atoms. The monoisotopic (exact) mass is 291 g/mol. The number of benzene rings is 1. The lowest BCUT2D eigenvalue weighted by Crippen LogP contribution is -2.19. The molecule has 0 spiro atoms. The third kappa shape index (κ3) is 4.71. The number of aryl methyl sites for hydroxylation is 1. The topological polar surface area (TPSA) is 34.4 Å². The van der Waals surface area contributed by atoms with E-state index in [2.05, 4.69) is 30.4 Å². The fraction of sp³-hybridized carbons (Fsp3) is 0.375. The van der Waals surface area contributed by atoms with Gasteiger partial charge in [0.2, 0.25) is 0 Å². The molecule has 0 aliphatic rings. The van der Waals surface area contributed by atoms with Gasteiger partial charge in [0.1, 0.15) is 5.76 Å². The third-order valence-electron chi connectivity index (χ3n) is 3.07. The molecule has 1 aromatic heterocycles. The highest BCUT2D eigenvalue weighted by atomic mass is 32.2. The molecule has 4 heteroatoms. The maximum absolute atomic E-state index is 5.34. The first kappa shape index (κ1) is 15.2. The minimum Gasteiger partial charge on any atom is -0.468 e. The summed E-state index contributed by atoms with van der Waals surface area (Å²) in [6.07, 6.45) is 1.72. The number of ether oxygens (including phenoxy) is 1. The van der Waals surface area contributed by atoms with Crippen LogP contribution in [0.1, 0.15) is 16.9 Å². The molecule has 0 aliphatic heterocycles. The summed E-state index contributed by atoms with van der Waals surface area (Å²) in [6.45, 7) is 4.67. The molecule has 2 rings (SSSR count). The molecular weight excluding hydrogens is 270 g/mol. The Balaban J connectivity index is 1.85. The van der Waals surface area contributed by atoms with Gasteiger partial charge in [-0.1, -0.05) is 6.07 Å². The molecule has 0 amide bonds. The van der Waals surface area contributed by atoms with Crippen LogP contribution < -0.4 is 5.32 Å². The van der Waals surface area contributed by atoms with Crippen molar-refractivity contribution in [3.05, 3.63) is 53.5 Å². The molecule has 108 valence electrons. The SMILES string of the molecule is COCCNCc1ccc(SCc2ccco2)cc1C. The molecule has 20 heavy (non-hydrogen) atoms. The van der Waals surface area contributed by atoms with E-state index in [-0.39, 0.29) is 0 Å². The standard InChI is InChI=1S/C16H21NO2S/c1-13-10-16(20-12-15-4-3-8-19-15)6-5-14(13)11-17-7-9-18-2/h3-6,8,10,17H,7,9,11-12H2,1-2H3. The Morgan fingerprint density at radius 1 is 1.30 bits per heavy atom. The normalized spacial score (nSPS) is 10.9. The molecule has 0 radical (unpaired) electrons. The summed E-state index contributed by atoms with van der Waals surface area (Å²) in [5.74, 6) is 1.88. The maximum atomic E-state index is 5.34. The van der Waals surface area contributed by atoms with Crippen LogP contribution in [0.3, 0.4) is 0 Å². The van der Waals surface area contributed by atoms with Crippen LogP contribution in [0.5, 0.6) is 0 Å². The average Bonchev–Trinajstić information content (AvgIpc) is 2.96. The molecule has 1 heterocycles. The zero-order chi connectivity index (χ0) is 14.2. The minimum atomic E-state index is 0.746. The Morgan fingerprint density at radius 3 is 2.90 bits per heavy atom. The van der Waals surface area contributed by atoms with Crippen molar-refractivity contribution >= 4 is 11.8 Å². The first-order valence-corrected chi connectivity index (χ1v) is 7.72. The van der Waals surface area contributed by atoms with E-state index in [1.54, 1.807) is 25.1 Å². The van der Waals surface area contributed by atoms with Crippen LogP contribution in [0.4, 0.5) is 0 Å². The van der Waals surface area contributed by atoms with Crippen molar-refractivity contribution in [1.29, 1.82) is 0 Å². The maximum Gasteiger partial charge on any atom is 0.113 e. The second-order valence-corrected chi connectivity index (χ2v) is 5.67. The second kappa shape index (κ2) is 8.15. The van der Waals surface area contributed by atoms with E-state index >= 15 is 0 Å². The van der Waals surface area contributed by atoms with Gasteiger partial charge in [0.25, 0.3) is 0 Å². The van der Waals surface area contributed by atoms with Crippen molar-refractivity contribution in [2.75, 3.05) is 20.3 Å². The second-order valence-electron chi connectivity index (χ2n) is 4.63. The number of furan rings is 1. The van der Waals surface area contributed by atoms with E-state index in [9.17, 15) is 0 Å². The van der Waals surface area contributed by atoms with Crippen LogP contribution in [0.2, 0.25) is 0 Å². The lowest BCUT2D eigenvalue weighted by Gasteiger charge is -2.09. The van der Waals surface area contributed by atoms with Crippen LogP contribution in [-0.2, 0) is 17.0 Å². The number of rotatable bonds is 8. The first-order chi connectivity index (χ1) is 9.79. The van der Waals surface area contributed by atoms with Crippen LogP contribution in [0.25, 0.3) is 0 Å². The molecule has 0 saturated carbocycles. The van der Waals surface area contributed by atoms with E-state index in [1.807, 2.05) is 12.1 Å². The lowest BCUT2D eigenvalue weighted by atomic mass is 10.1. The van der Waals surface area contributed by atoms with Crippen LogP contribution >= 0.6 is 11.8 Å². The van der Waals surface area contributed by atoms with Crippen LogP contribution in [0.15, 0.2) is 45.9 Å². The van der Waals surface area contributed by atoms with Crippen molar-refractivity contribution in [2.45, 2.75) is 24.1 Å². The molecule has 0 saturated heterocycles. The van der Waals surface area contributed by atoms with Gasteiger partial charge in [-0.2, -0.15) is 0 Å². The largest absolute Gasteiger partial charge is 0.468 e. The average molecular weight is 291 g/mol. The van der Waals surface area contributed by atoms with E-state index in [4.69, 9.17) is 9.15 Å². The van der Waals surface area contributed by atoms with Gasteiger partial charge >= 0.3 is 0 Å². The molecule has 0 fully saturated rings. The molecule has 3 nitrogen and oxygen atoms in total. The number of thioether (sulfide) groups is 1. The molecule has 2 aromatic rings. The number of nitrogens with one attached hydrogen (secondary N) is 1. The lowest BCUT2D eigenvalue weighted by molar-refractivity contribution is 0.199. The molecule has 1 N–H and O–H groups in total. The zero-order valence-electron chi connectivity index (χ0n) is 12.0. The summed E-state index contributed by atoms with van der Waals surface area (Å²) < 4.78 is 10.4. The van der Waals surface area contributed by atoms with Gasteiger partial charge in [0, 0.05) is 25.1 Å². The first-order valence-electron chi connectivity index (χ1n) is 6.74. The van der Waals surface area contributed by atoms with Gasteiger partial charge in [-0.25, -0.2) is 0 Å². The van der Waals surface area contributed by atoms with Crippen molar-refractivity contribution in [3.63, 3.8) is 0 Å². The summed E-state index contributed by atoms with van der Waals surface area (Å²) in [5.41, 5.74) is 2.66. The number of methoxy groups -OCH3 is 1. The number of hydrogen-bond donors (Lipinski definition) is 1. The van der Waals surface area contributed by atoms with Gasteiger partial charge in [0.15, 0.2) is 0 Å². The Bertz CT molecular complexity index is 511. The van der Waals surface area contributed by atoms with Crippen LogP contribution in [0, 0.1) is 6.92 Å². The quantitative estimate of drug-likeness (QED) is 0.595. The van der Waals surface area contributed by atoms with Gasteiger partial charge in [0.05, 0.1) is 18.6 Å². The van der Waals surface area contributed by atoms with Crippen molar-refractivity contribution in [3.8, 4) is 0 Å². The van der Waals surface area contributed by atoms with Gasteiger partial charge in [-0.3, -0.25) is 0 Å². The summed E-state index contributed by atoms with van der Waals surface area (Å²) >= 11 is 1.80. The van der Waals surface area contributed by atoms with Crippen molar-refractivity contribution in [1.82, 2.24) is 5.32 Å². The van der Waals surface area contributed by atoms with Gasteiger partial charge in [-0.15, -0.1) is 11.8 Å². The van der Waals surface area contributed by atoms with Crippen LogP contribution in [-0.4, -0.2) is 20.3 Å². The minimum absolute atomic E-state index is 0.746. The Hall–Kier alpha value is -1.23. The predicted octanol–water partition coefficient (Wildman–Crippen LogP) is 3.62. The van der Waals surface area contributed by atoms with E-state index in [0.29, 0.717) is 0 Å². The van der Waals surface area contributed by atoms with E-state index in [1.165, 1.54) is 16.0 Å². The molecule has 0 aliphatic carbocycles. The van der Waals surface area contributed by atoms with Crippen molar-refractivity contribution < 1.29 is 9.15 Å². The Labute approximate surface area is 124 Å². The summed E-state index contributed by atoms with van der Waals surface area (Å²) in [6, 6.07) is 10.5. The summed E-state index contributed by atoms with van der Waals surface area (Å²) in [5, 5.41) is 3.37. The highest BCUT2D eigenvalue weighted by molar-refractivity contribution is 7.98. The Kier molecular flexibility index (Phi) is 6.18. The fourth-order valence-corrected chi connectivity index (χ4v) is 2.80. The highest BCUT2D eigenvalue weighted by Crippen LogP contribution is 2.25. The third-order valence-corrected chi connectivity index (χ3v) is 4.09. The summed E-state index contributed by atoms with van der Waals surface area (Å²) in [4.78, 5) is 1.28. The van der Waals surface area contributed by atoms with Gasteiger partial charge in [-0.05, 0) is 42.3 Å². The molecular formula is C16H21NO2S. The van der Waals surface area contributed by atoms with E-state index < -0.39 is 0 Å². The smallest absolute Gasteiger partial charge is 0.113 e.